The number of esters is 2. The van der Waals surface area contributed by atoms with Crippen molar-refractivity contribution in [2.75, 3.05) is 13.2 Å². The van der Waals surface area contributed by atoms with Crippen molar-refractivity contribution in [3.63, 3.8) is 0 Å². The van der Waals surface area contributed by atoms with E-state index in [2.05, 4.69) is 9.47 Å². The highest BCUT2D eigenvalue weighted by atomic mass is 32.2. The van der Waals surface area contributed by atoms with Gasteiger partial charge < -0.3 is 15.2 Å². The second-order valence-corrected chi connectivity index (χ2v) is 11.4. The standard InChI is InChI=1S/C17H15F18NO4.C7H8O3S/c18-10(19,12(22,23)14(26,27)16(30,31)32)3-5-39-8(37)2-1-7(36)9(38)40-6-4-11(20,21)13(24,25)15(28,29)17(33,34)35;1-6-2-4-7(5-3-6)11(8,9)10/h7H,1-6,36H2;2-5H,1H3,(H,8,9,10). The molecule has 1 rings (SSSR count). The molecule has 1 atom stereocenters. The van der Waals surface area contributed by atoms with E-state index >= 15 is 0 Å². The van der Waals surface area contributed by atoms with Crippen LogP contribution in [0.25, 0.3) is 0 Å². The highest BCUT2D eigenvalue weighted by molar-refractivity contribution is 7.85. The van der Waals surface area contributed by atoms with Crippen LogP contribution in [-0.4, -0.2) is 92.1 Å². The Hall–Kier alpha value is -3.23. The van der Waals surface area contributed by atoms with Gasteiger partial charge in [-0.15, -0.1) is 0 Å². The summed E-state index contributed by atoms with van der Waals surface area (Å²) >= 11 is 0. The maximum atomic E-state index is 13.3. The Bertz CT molecular complexity index is 1430. The highest BCUT2D eigenvalue weighted by Gasteiger charge is 2.82. The molecule has 0 spiro atoms. The van der Waals surface area contributed by atoms with Gasteiger partial charge in [-0.25, -0.2) is 0 Å². The molecule has 27 heteroatoms. The Morgan fingerprint density at radius 2 is 1.02 bits per heavy atom. The molecular formula is C24H23F18NO7S. The minimum Gasteiger partial charge on any atom is -0.465 e. The molecule has 0 aliphatic heterocycles. The largest absolute Gasteiger partial charge is 0.465 e. The van der Waals surface area contributed by atoms with E-state index in [1.54, 1.807) is 12.1 Å². The number of carbonyl (C=O) groups excluding carboxylic acids is 2. The summed E-state index contributed by atoms with van der Waals surface area (Å²) in [5.41, 5.74) is 6.03. The molecule has 1 unspecified atom stereocenters. The van der Waals surface area contributed by atoms with Gasteiger partial charge in [0, 0.05) is 6.42 Å². The zero-order chi connectivity index (χ0) is 40.9. The summed E-state index contributed by atoms with van der Waals surface area (Å²) in [5, 5.41) is 0. The molecule has 0 aromatic heterocycles. The summed E-state index contributed by atoms with van der Waals surface area (Å²) in [6, 6.07) is 3.90. The average Bonchev–Trinajstić information content (AvgIpc) is 2.94. The van der Waals surface area contributed by atoms with E-state index in [1.807, 2.05) is 6.92 Å². The maximum Gasteiger partial charge on any atom is 0.460 e. The van der Waals surface area contributed by atoms with E-state index in [0.29, 0.717) is 0 Å². The second-order valence-electron chi connectivity index (χ2n) is 10.0. The molecule has 1 aromatic carbocycles. The lowest BCUT2D eigenvalue weighted by Crippen LogP contribution is -2.61. The monoisotopic (exact) mass is 811 g/mol. The molecule has 0 radical (unpaired) electrons. The number of carbonyl (C=O) groups is 2. The number of nitrogens with two attached hydrogens (primary N) is 1. The Balaban J connectivity index is 0.00000191. The van der Waals surface area contributed by atoms with Crippen molar-refractivity contribution in [2.45, 2.75) is 91.4 Å². The first-order valence-electron chi connectivity index (χ1n) is 12.9. The zero-order valence-corrected chi connectivity index (χ0v) is 25.6. The third kappa shape index (κ3) is 11.6. The van der Waals surface area contributed by atoms with Gasteiger partial charge in [-0.2, -0.15) is 87.4 Å². The van der Waals surface area contributed by atoms with Gasteiger partial charge >= 0.3 is 59.8 Å². The molecule has 0 fully saturated rings. The van der Waals surface area contributed by atoms with Crippen LogP contribution in [0.3, 0.4) is 0 Å². The number of aryl methyl sites for hydroxylation is 1. The van der Waals surface area contributed by atoms with Gasteiger partial charge in [0.15, 0.2) is 0 Å². The van der Waals surface area contributed by atoms with Crippen molar-refractivity contribution in [1.82, 2.24) is 0 Å². The number of rotatable bonds is 15. The third-order valence-corrected chi connectivity index (χ3v) is 6.91. The van der Waals surface area contributed by atoms with Crippen LogP contribution >= 0.6 is 0 Å². The first-order valence-corrected chi connectivity index (χ1v) is 14.4. The highest BCUT2D eigenvalue weighted by Crippen LogP contribution is 2.55. The van der Waals surface area contributed by atoms with Gasteiger partial charge in [0.2, 0.25) is 0 Å². The van der Waals surface area contributed by atoms with Gasteiger partial charge in [-0.3, -0.25) is 14.1 Å². The predicted octanol–water partition coefficient (Wildman–Crippen LogP) is 7.14. The Morgan fingerprint density at radius 1 is 0.667 bits per heavy atom. The van der Waals surface area contributed by atoms with E-state index in [4.69, 9.17) is 10.3 Å². The van der Waals surface area contributed by atoms with Crippen LogP contribution in [0.15, 0.2) is 29.2 Å². The summed E-state index contributed by atoms with van der Waals surface area (Å²) in [4.78, 5) is 22.8. The van der Waals surface area contributed by atoms with E-state index < -0.39 is 115 Å². The lowest BCUT2D eigenvalue weighted by molar-refractivity contribution is -0.397. The number of ether oxygens (including phenoxy) is 2. The summed E-state index contributed by atoms with van der Waals surface area (Å²) in [6.07, 6.45) is -21.5. The van der Waals surface area contributed by atoms with Crippen LogP contribution in [0.2, 0.25) is 0 Å². The molecule has 51 heavy (non-hydrogen) atoms. The molecule has 0 saturated heterocycles. The quantitative estimate of drug-likeness (QED) is 0.109. The molecule has 0 bridgehead atoms. The predicted molar refractivity (Wildman–Crippen MR) is 131 cm³/mol. The van der Waals surface area contributed by atoms with Crippen molar-refractivity contribution >= 4 is 22.1 Å². The third-order valence-electron chi connectivity index (χ3n) is 6.04. The van der Waals surface area contributed by atoms with Gasteiger partial charge in [0.25, 0.3) is 10.1 Å². The van der Waals surface area contributed by atoms with Crippen molar-refractivity contribution in [1.29, 1.82) is 0 Å². The fourth-order valence-electron chi connectivity index (χ4n) is 2.98. The smallest absolute Gasteiger partial charge is 0.460 e. The Morgan fingerprint density at radius 3 is 1.35 bits per heavy atom. The molecular weight excluding hydrogens is 788 g/mol. The molecule has 0 amide bonds. The van der Waals surface area contributed by atoms with Gasteiger partial charge in [0.05, 0.1) is 31.0 Å². The van der Waals surface area contributed by atoms with Gasteiger partial charge in [0.1, 0.15) is 6.04 Å². The van der Waals surface area contributed by atoms with E-state index in [1.165, 1.54) is 12.1 Å². The fraction of sp³-hybridized carbons (Fsp3) is 0.667. The van der Waals surface area contributed by atoms with Crippen molar-refractivity contribution < 1.29 is 111 Å². The summed E-state index contributed by atoms with van der Waals surface area (Å²) in [6.45, 7) is -1.95. The van der Waals surface area contributed by atoms with Crippen LogP contribution in [0.1, 0.15) is 31.2 Å². The van der Waals surface area contributed by atoms with Crippen LogP contribution in [0.4, 0.5) is 79.0 Å². The molecule has 0 saturated carbocycles. The minimum atomic E-state index is -7.21. The Kier molecular flexibility index (Phi) is 15.2. The van der Waals surface area contributed by atoms with E-state index in [0.717, 1.165) is 5.56 Å². The number of alkyl halides is 18. The van der Waals surface area contributed by atoms with Crippen LogP contribution in [0, 0.1) is 6.92 Å². The molecule has 0 heterocycles. The van der Waals surface area contributed by atoms with Crippen LogP contribution < -0.4 is 5.73 Å². The molecule has 0 aliphatic rings. The number of hydrogen-bond donors (Lipinski definition) is 2. The van der Waals surface area contributed by atoms with Crippen molar-refractivity contribution in [3.05, 3.63) is 29.8 Å². The molecule has 3 N–H and O–H groups in total. The first-order chi connectivity index (χ1) is 22.4. The van der Waals surface area contributed by atoms with Crippen molar-refractivity contribution in [3.8, 4) is 0 Å². The topological polar surface area (TPSA) is 133 Å². The zero-order valence-electron chi connectivity index (χ0n) is 24.8. The number of benzene rings is 1. The molecule has 1 aromatic rings. The van der Waals surface area contributed by atoms with Gasteiger partial charge in [-0.05, 0) is 25.5 Å². The lowest BCUT2D eigenvalue weighted by Gasteiger charge is -2.33. The van der Waals surface area contributed by atoms with E-state index in [9.17, 15) is 97.0 Å². The minimum absolute atomic E-state index is 0.0666. The average molecular weight is 811 g/mol. The first kappa shape index (κ1) is 47.8. The van der Waals surface area contributed by atoms with Crippen LogP contribution in [0.5, 0.6) is 0 Å². The summed E-state index contributed by atoms with van der Waals surface area (Å²) in [5.74, 6) is -44.1. The van der Waals surface area contributed by atoms with Gasteiger partial charge in [-0.1, -0.05) is 17.7 Å². The normalized spacial score (nSPS) is 14.7. The number of halogens is 18. The summed E-state index contributed by atoms with van der Waals surface area (Å²) in [7, 11) is -4.02. The second kappa shape index (κ2) is 16.2. The van der Waals surface area contributed by atoms with E-state index in [-0.39, 0.29) is 4.90 Å². The molecule has 298 valence electrons. The van der Waals surface area contributed by atoms with Crippen molar-refractivity contribution in [2.24, 2.45) is 5.73 Å². The molecule has 0 aliphatic carbocycles. The maximum absolute atomic E-state index is 13.3. The van der Waals surface area contributed by atoms with Crippen LogP contribution in [-0.2, 0) is 29.2 Å². The number of hydrogen-bond acceptors (Lipinski definition) is 7. The SMILES string of the molecule is Cc1ccc(S(=O)(=O)O)cc1.NC(CCC(=O)OCCC(F)(F)C(F)(F)C(F)(F)C(F)(F)F)C(=O)OCCC(F)(F)C(F)(F)C(F)(F)C(F)(F)F. The lowest BCUT2D eigenvalue weighted by atomic mass is 10.0. The fourth-order valence-corrected chi connectivity index (χ4v) is 3.46. The molecule has 8 nitrogen and oxygen atoms in total. The Labute approximate surface area is 274 Å². The summed E-state index contributed by atoms with van der Waals surface area (Å²) < 4.78 is 266.